The fraction of sp³-hybridized carbons (Fsp3) is 0.292. The molecule has 2 aromatic heterocycles. The molecule has 0 aliphatic carbocycles. The van der Waals surface area contributed by atoms with E-state index in [0.717, 1.165) is 12.1 Å². The number of benzene rings is 1. The third-order valence-electron chi connectivity index (χ3n) is 5.78. The van der Waals surface area contributed by atoms with E-state index in [9.17, 15) is 27.2 Å². The van der Waals surface area contributed by atoms with Crippen LogP contribution >= 0.6 is 0 Å². The summed E-state index contributed by atoms with van der Waals surface area (Å²) in [7, 11) is 0. The van der Waals surface area contributed by atoms with Crippen molar-refractivity contribution in [3.05, 3.63) is 77.9 Å². The van der Waals surface area contributed by atoms with Crippen molar-refractivity contribution in [2.24, 2.45) is 0 Å². The van der Waals surface area contributed by atoms with E-state index in [4.69, 9.17) is 4.74 Å². The fourth-order valence-corrected chi connectivity index (χ4v) is 3.76. The molecule has 1 unspecified atom stereocenters. The Kier molecular flexibility index (Phi) is 7.34. The second-order valence-corrected chi connectivity index (χ2v) is 8.45. The van der Waals surface area contributed by atoms with Gasteiger partial charge >= 0.3 is 6.18 Å². The van der Waals surface area contributed by atoms with Gasteiger partial charge in [-0.2, -0.15) is 13.2 Å². The molecule has 0 spiro atoms. The molecule has 2 atom stereocenters. The molecule has 13 heteroatoms. The largest absolute Gasteiger partial charge is 0.418 e. The van der Waals surface area contributed by atoms with E-state index in [-0.39, 0.29) is 36.6 Å². The van der Waals surface area contributed by atoms with Crippen LogP contribution in [0.15, 0.2) is 55.2 Å². The quantitative estimate of drug-likeness (QED) is 0.410. The molecule has 194 valence electrons. The molecule has 1 aromatic carbocycles. The molecule has 0 bridgehead atoms. The van der Waals surface area contributed by atoms with E-state index in [2.05, 4.69) is 30.9 Å². The number of carbonyl (C=O) groups excluding carboxylic acids is 2. The number of ether oxygens (including phenoxy) is 1. The lowest BCUT2D eigenvalue weighted by Gasteiger charge is -2.29. The van der Waals surface area contributed by atoms with Crippen molar-refractivity contribution >= 4 is 23.2 Å². The summed E-state index contributed by atoms with van der Waals surface area (Å²) < 4.78 is 58.5. The second kappa shape index (κ2) is 10.5. The number of aromatic nitrogens is 3. The van der Waals surface area contributed by atoms with Crippen LogP contribution in [0.1, 0.15) is 41.0 Å². The second-order valence-electron chi connectivity index (χ2n) is 8.45. The minimum Gasteiger partial charge on any atom is -0.378 e. The van der Waals surface area contributed by atoms with Gasteiger partial charge in [0.15, 0.2) is 0 Å². The number of pyridine rings is 1. The van der Waals surface area contributed by atoms with Crippen LogP contribution < -0.4 is 16.0 Å². The maximum absolute atomic E-state index is 13.3. The van der Waals surface area contributed by atoms with Gasteiger partial charge in [0.25, 0.3) is 5.91 Å². The Morgan fingerprint density at radius 2 is 1.86 bits per heavy atom. The Morgan fingerprint density at radius 3 is 2.49 bits per heavy atom. The topological polar surface area (TPSA) is 118 Å². The van der Waals surface area contributed by atoms with E-state index < -0.39 is 41.0 Å². The van der Waals surface area contributed by atoms with E-state index in [1.807, 2.05) is 0 Å². The molecular formula is C24H22F4N6O3. The normalized spacial score (nSPS) is 18.2. The summed E-state index contributed by atoms with van der Waals surface area (Å²) in [6.07, 6.45) is 0.736. The molecule has 4 rings (SSSR count). The van der Waals surface area contributed by atoms with Crippen molar-refractivity contribution < 1.29 is 31.9 Å². The zero-order valence-electron chi connectivity index (χ0n) is 19.5. The number of carbonyl (C=O) groups is 2. The molecule has 1 saturated heterocycles. The molecule has 1 aliphatic rings. The Morgan fingerprint density at radius 1 is 1.11 bits per heavy atom. The van der Waals surface area contributed by atoms with Crippen molar-refractivity contribution in [1.29, 1.82) is 0 Å². The number of alkyl halides is 3. The van der Waals surface area contributed by atoms with Gasteiger partial charge in [-0.3, -0.25) is 14.6 Å². The molecular weight excluding hydrogens is 496 g/mol. The van der Waals surface area contributed by atoms with Gasteiger partial charge in [0.05, 0.1) is 47.0 Å². The molecule has 1 fully saturated rings. The lowest BCUT2D eigenvalue weighted by atomic mass is 9.96. The van der Waals surface area contributed by atoms with Crippen LogP contribution in [0.25, 0.3) is 0 Å². The molecule has 9 nitrogen and oxygen atoms in total. The van der Waals surface area contributed by atoms with Crippen molar-refractivity contribution in [1.82, 2.24) is 25.6 Å². The number of nitrogens with one attached hydrogen (secondary N) is 3. The molecule has 3 heterocycles. The van der Waals surface area contributed by atoms with Gasteiger partial charge in [0, 0.05) is 25.4 Å². The monoisotopic (exact) mass is 518 g/mol. The SMILES string of the molecule is CC(NC(=O)[C@]1(NC(=O)c2cncnc2)CCOC1)c1ccc(Nc2ccc(F)cc2C(F)(F)F)cn1. The van der Waals surface area contributed by atoms with Crippen LogP contribution in [0, 0.1) is 5.82 Å². The number of hydrogen-bond acceptors (Lipinski definition) is 7. The summed E-state index contributed by atoms with van der Waals surface area (Å²) >= 11 is 0. The van der Waals surface area contributed by atoms with Crippen molar-refractivity contribution in [2.45, 2.75) is 31.1 Å². The minimum atomic E-state index is -4.75. The van der Waals surface area contributed by atoms with Gasteiger partial charge in [-0.1, -0.05) is 0 Å². The highest BCUT2D eigenvalue weighted by Crippen LogP contribution is 2.36. The number of anilines is 2. The zero-order valence-corrected chi connectivity index (χ0v) is 19.5. The van der Waals surface area contributed by atoms with Crippen LogP contribution in [0.2, 0.25) is 0 Å². The summed E-state index contributed by atoms with van der Waals surface area (Å²) in [4.78, 5) is 37.6. The third-order valence-corrected chi connectivity index (χ3v) is 5.78. The van der Waals surface area contributed by atoms with Gasteiger partial charge in [-0.05, 0) is 37.3 Å². The zero-order chi connectivity index (χ0) is 26.6. The molecule has 3 aromatic rings. The first-order chi connectivity index (χ1) is 17.6. The maximum atomic E-state index is 13.3. The van der Waals surface area contributed by atoms with E-state index >= 15 is 0 Å². The van der Waals surface area contributed by atoms with Crippen molar-refractivity contribution in [3.8, 4) is 0 Å². The van der Waals surface area contributed by atoms with Gasteiger partial charge in [-0.15, -0.1) is 0 Å². The van der Waals surface area contributed by atoms with Crippen LogP contribution in [0.5, 0.6) is 0 Å². The van der Waals surface area contributed by atoms with Gasteiger partial charge < -0.3 is 20.7 Å². The van der Waals surface area contributed by atoms with Gasteiger partial charge in [0.2, 0.25) is 5.91 Å². The van der Waals surface area contributed by atoms with Crippen LogP contribution in [0.3, 0.4) is 0 Å². The Balaban J connectivity index is 1.44. The summed E-state index contributed by atoms with van der Waals surface area (Å²) in [5.74, 6) is -2.01. The standard InChI is InChI=1S/C24H22F4N6O3/c1-14(32-22(36)23(6-7-37-12-23)34-21(35)15-9-29-13-30-10-15)19-5-3-17(11-31-19)33-20-4-2-16(25)8-18(20)24(26,27)28/h2-5,8-11,13-14,33H,6-7,12H2,1H3,(H,32,36)(H,34,35)/t14?,23-/m0/s1. The van der Waals surface area contributed by atoms with Crippen LogP contribution in [-0.4, -0.2) is 45.5 Å². The summed E-state index contributed by atoms with van der Waals surface area (Å²) in [5, 5.41) is 8.11. The first kappa shape index (κ1) is 25.9. The summed E-state index contributed by atoms with van der Waals surface area (Å²) in [6, 6.07) is 4.74. The van der Waals surface area contributed by atoms with E-state index in [0.29, 0.717) is 11.8 Å². The lowest BCUT2D eigenvalue weighted by molar-refractivity contribution is -0.137. The number of rotatable bonds is 7. The predicted molar refractivity (Wildman–Crippen MR) is 123 cm³/mol. The van der Waals surface area contributed by atoms with Gasteiger partial charge in [-0.25, -0.2) is 14.4 Å². The highest BCUT2D eigenvalue weighted by molar-refractivity contribution is 5.99. The van der Waals surface area contributed by atoms with E-state index in [1.54, 1.807) is 6.92 Å². The highest BCUT2D eigenvalue weighted by Gasteiger charge is 2.44. The van der Waals surface area contributed by atoms with Crippen LogP contribution in [-0.2, 0) is 15.7 Å². The highest BCUT2D eigenvalue weighted by atomic mass is 19.4. The average molecular weight is 518 g/mol. The van der Waals surface area contributed by atoms with Gasteiger partial charge in [0.1, 0.15) is 17.7 Å². The number of halogens is 4. The maximum Gasteiger partial charge on any atom is 0.418 e. The predicted octanol–water partition coefficient (Wildman–Crippen LogP) is 3.54. The minimum absolute atomic E-state index is 0.0273. The lowest BCUT2D eigenvalue weighted by Crippen LogP contribution is -2.59. The fourth-order valence-electron chi connectivity index (χ4n) is 3.76. The summed E-state index contributed by atoms with van der Waals surface area (Å²) in [6.45, 7) is 1.92. The average Bonchev–Trinajstić information content (AvgIpc) is 3.35. The van der Waals surface area contributed by atoms with E-state index in [1.165, 1.54) is 37.1 Å². The Bertz CT molecular complexity index is 1270. The molecule has 1 aliphatic heterocycles. The summed E-state index contributed by atoms with van der Waals surface area (Å²) in [5.41, 5.74) is -1.94. The molecule has 2 amide bonds. The molecule has 0 radical (unpaired) electrons. The number of amides is 2. The first-order valence-corrected chi connectivity index (χ1v) is 11.1. The van der Waals surface area contributed by atoms with Crippen molar-refractivity contribution in [2.75, 3.05) is 18.5 Å². The Labute approximate surface area is 208 Å². The third kappa shape index (κ3) is 6.00. The number of hydrogen-bond donors (Lipinski definition) is 3. The smallest absolute Gasteiger partial charge is 0.378 e. The molecule has 0 saturated carbocycles. The first-order valence-electron chi connectivity index (χ1n) is 11.1. The Hall–Kier alpha value is -4.13. The molecule has 3 N–H and O–H groups in total. The number of nitrogens with zero attached hydrogens (tertiary/aromatic N) is 3. The van der Waals surface area contributed by atoms with Crippen molar-refractivity contribution in [3.63, 3.8) is 0 Å². The molecule has 37 heavy (non-hydrogen) atoms. The van der Waals surface area contributed by atoms with Crippen LogP contribution in [0.4, 0.5) is 28.9 Å².